The Morgan fingerprint density at radius 1 is 1.07 bits per heavy atom. The molecule has 0 aromatic heterocycles. The van der Waals surface area contributed by atoms with Crippen LogP contribution in [0.5, 0.6) is 5.75 Å². The second-order valence-electron chi connectivity index (χ2n) is 6.83. The maximum absolute atomic E-state index is 12.3. The third-order valence-corrected chi connectivity index (χ3v) is 4.84. The van der Waals surface area contributed by atoms with Gasteiger partial charge < -0.3 is 15.0 Å². The van der Waals surface area contributed by atoms with Crippen molar-refractivity contribution in [2.75, 3.05) is 13.1 Å². The predicted molar refractivity (Wildman–Crippen MR) is 104 cm³/mol. The van der Waals surface area contributed by atoms with Gasteiger partial charge in [-0.15, -0.1) is 0 Å². The molecule has 2 amide bonds. The van der Waals surface area contributed by atoms with E-state index in [0.717, 1.165) is 36.1 Å². The van der Waals surface area contributed by atoms with Crippen molar-refractivity contribution in [2.24, 2.45) is 0 Å². The van der Waals surface area contributed by atoms with Crippen molar-refractivity contribution in [2.45, 2.75) is 38.8 Å². The van der Waals surface area contributed by atoms with Crippen molar-refractivity contribution in [1.29, 1.82) is 0 Å². The van der Waals surface area contributed by atoms with Crippen molar-refractivity contribution in [3.63, 3.8) is 0 Å². The van der Waals surface area contributed by atoms with Gasteiger partial charge in [0.15, 0.2) is 0 Å². The molecule has 5 nitrogen and oxygen atoms in total. The van der Waals surface area contributed by atoms with Gasteiger partial charge >= 0.3 is 0 Å². The molecule has 142 valence electrons. The van der Waals surface area contributed by atoms with E-state index in [2.05, 4.69) is 5.32 Å². The number of carbonyl (C=O) groups excluding carboxylic acids is 2. The maximum atomic E-state index is 12.3. The van der Waals surface area contributed by atoms with Crippen molar-refractivity contribution < 1.29 is 14.3 Å². The molecule has 0 saturated carbocycles. The topological polar surface area (TPSA) is 58.6 Å². The molecule has 27 heavy (non-hydrogen) atoms. The Bertz CT molecular complexity index is 759. The summed E-state index contributed by atoms with van der Waals surface area (Å²) in [4.78, 5) is 25.5. The largest absolute Gasteiger partial charge is 0.489 e. The van der Waals surface area contributed by atoms with E-state index in [9.17, 15) is 9.59 Å². The van der Waals surface area contributed by atoms with Crippen LogP contribution in [0.4, 0.5) is 0 Å². The number of rotatable bonds is 7. The van der Waals surface area contributed by atoms with Gasteiger partial charge in [0.2, 0.25) is 11.8 Å². The molecular formula is C22H26N2O3. The lowest BCUT2D eigenvalue weighted by Crippen LogP contribution is -2.45. The van der Waals surface area contributed by atoms with E-state index in [1.54, 1.807) is 4.90 Å². The van der Waals surface area contributed by atoms with Gasteiger partial charge in [0.05, 0.1) is 0 Å². The Labute approximate surface area is 160 Å². The molecule has 0 aliphatic carbocycles. The Morgan fingerprint density at radius 3 is 2.52 bits per heavy atom. The standard InChI is InChI=1S/C22H26N2O3/c1-17(25)24-15-5-8-21(24)22(26)23-14-13-18-9-11-20(12-10-18)27-16-19-6-3-2-4-7-19/h2-4,6-7,9-12,21H,5,8,13-16H2,1H3,(H,23,26)/t21-/m1/s1. The minimum Gasteiger partial charge on any atom is -0.489 e. The highest BCUT2D eigenvalue weighted by Gasteiger charge is 2.31. The summed E-state index contributed by atoms with van der Waals surface area (Å²) in [6.45, 7) is 3.31. The second kappa shape index (κ2) is 9.21. The van der Waals surface area contributed by atoms with E-state index in [0.29, 0.717) is 19.7 Å². The van der Waals surface area contributed by atoms with Crippen LogP contribution in [0.1, 0.15) is 30.9 Å². The van der Waals surface area contributed by atoms with Crippen LogP contribution in [-0.4, -0.2) is 35.8 Å². The average Bonchev–Trinajstić information content (AvgIpc) is 3.18. The van der Waals surface area contributed by atoms with Crippen molar-refractivity contribution in [3.8, 4) is 5.75 Å². The molecule has 0 unspecified atom stereocenters. The molecule has 1 aliphatic rings. The SMILES string of the molecule is CC(=O)N1CCC[C@@H]1C(=O)NCCc1ccc(OCc2ccccc2)cc1. The zero-order valence-corrected chi connectivity index (χ0v) is 15.7. The first-order valence-electron chi connectivity index (χ1n) is 9.44. The van der Waals surface area contributed by atoms with Crippen LogP contribution < -0.4 is 10.1 Å². The first-order valence-corrected chi connectivity index (χ1v) is 9.44. The van der Waals surface area contributed by atoms with Crippen LogP contribution in [0, 0.1) is 0 Å². The van der Waals surface area contributed by atoms with Crippen LogP contribution in [0.25, 0.3) is 0 Å². The van der Waals surface area contributed by atoms with E-state index in [4.69, 9.17) is 4.74 Å². The molecule has 0 radical (unpaired) electrons. The molecule has 3 rings (SSSR count). The number of ether oxygens (including phenoxy) is 1. The summed E-state index contributed by atoms with van der Waals surface area (Å²) >= 11 is 0. The van der Waals surface area contributed by atoms with Gasteiger partial charge in [-0.3, -0.25) is 9.59 Å². The highest BCUT2D eigenvalue weighted by atomic mass is 16.5. The molecule has 1 saturated heterocycles. The Hall–Kier alpha value is -2.82. The van der Waals surface area contributed by atoms with Crippen molar-refractivity contribution in [1.82, 2.24) is 10.2 Å². The Kier molecular flexibility index (Phi) is 6.47. The lowest BCUT2D eigenvalue weighted by molar-refractivity contribution is -0.136. The minimum atomic E-state index is -0.309. The van der Waals surface area contributed by atoms with Gasteiger partial charge in [0.25, 0.3) is 0 Å². The molecule has 1 N–H and O–H groups in total. The predicted octanol–water partition coefficient (Wildman–Crippen LogP) is 2.94. The molecule has 2 aromatic rings. The van der Waals surface area contributed by atoms with Gasteiger partial charge in [-0.25, -0.2) is 0 Å². The Balaban J connectivity index is 1.42. The molecule has 1 fully saturated rings. The smallest absolute Gasteiger partial charge is 0.242 e. The number of amides is 2. The van der Waals surface area contributed by atoms with E-state index in [1.165, 1.54) is 6.92 Å². The maximum Gasteiger partial charge on any atom is 0.242 e. The van der Waals surface area contributed by atoms with E-state index in [1.807, 2.05) is 54.6 Å². The summed E-state index contributed by atoms with van der Waals surface area (Å²) in [5.41, 5.74) is 2.27. The first-order chi connectivity index (χ1) is 13.1. The molecular weight excluding hydrogens is 340 g/mol. The zero-order valence-electron chi connectivity index (χ0n) is 15.7. The fourth-order valence-corrected chi connectivity index (χ4v) is 3.36. The van der Waals surface area contributed by atoms with Gasteiger partial charge in [-0.2, -0.15) is 0 Å². The van der Waals surface area contributed by atoms with Crippen LogP contribution >= 0.6 is 0 Å². The highest BCUT2D eigenvalue weighted by Crippen LogP contribution is 2.17. The quantitative estimate of drug-likeness (QED) is 0.820. The molecule has 0 bridgehead atoms. The number of hydrogen-bond acceptors (Lipinski definition) is 3. The van der Waals surface area contributed by atoms with Crippen LogP contribution in [0.3, 0.4) is 0 Å². The number of carbonyl (C=O) groups is 2. The van der Waals surface area contributed by atoms with Gasteiger partial charge in [0.1, 0.15) is 18.4 Å². The summed E-state index contributed by atoms with van der Waals surface area (Å²) < 4.78 is 5.78. The van der Waals surface area contributed by atoms with Gasteiger partial charge in [0, 0.05) is 20.0 Å². The molecule has 5 heteroatoms. The van der Waals surface area contributed by atoms with Gasteiger partial charge in [-0.05, 0) is 42.5 Å². The van der Waals surface area contributed by atoms with Gasteiger partial charge in [-0.1, -0.05) is 42.5 Å². The average molecular weight is 366 g/mol. The third-order valence-electron chi connectivity index (χ3n) is 4.84. The van der Waals surface area contributed by atoms with Crippen molar-refractivity contribution in [3.05, 3.63) is 65.7 Å². The summed E-state index contributed by atoms with van der Waals surface area (Å²) in [6, 6.07) is 17.7. The number of benzene rings is 2. The normalized spacial score (nSPS) is 16.2. The molecule has 0 spiro atoms. The summed E-state index contributed by atoms with van der Waals surface area (Å²) in [5.74, 6) is 0.749. The second-order valence-corrected chi connectivity index (χ2v) is 6.83. The Morgan fingerprint density at radius 2 is 1.81 bits per heavy atom. The van der Waals surface area contributed by atoms with Crippen LogP contribution in [0.15, 0.2) is 54.6 Å². The summed E-state index contributed by atoms with van der Waals surface area (Å²) in [5, 5.41) is 2.96. The number of nitrogens with zero attached hydrogens (tertiary/aromatic N) is 1. The molecule has 1 heterocycles. The van der Waals surface area contributed by atoms with Crippen LogP contribution in [-0.2, 0) is 22.6 Å². The van der Waals surface area contributed by atoms with Crippen LogP contribution in [0.2, 0.25) is 0 Å². The number of nitrogens with one attached hydrogen (secondary N) is 1. The summed E-state index contributed by atoms with van der Waals surface area (Å²) in [7, 11) is 0. The van der Waals surface area contributed by atoms with E-state index >= 15 is 0 Å². The third kappa shape index (κ3) is 5.33. The van der Waals surface area contributed by atoms with E-state index in [-0.39, 0.29) is 17.9 Å². The summed E-state index contributed by atoms with van der Waals surface area (Å²) in [6.07, 6.45) is 2.39. The molecule has 1 atom stereocenters. The lowest BCUT2D eigenvalue weighted by Gasteiger charge is -2.22. The molecule has 2 aromatic carbocycles. The fourth-order valence-electron chi connectivity index (χ4n) is 3.36. The fraction of sp³-hybridized carbons (Fsp3) is 0.364. The van der Waals surface area contributed by atoms with E-state index < -0.39 is 0 Å². The monoisotopic (exact) mass is 366 g/mol. The zero-order chi connectivity index (χ0) is 19.1. The number of likely N-dealkylation sites (tertiary alicyclic amines) is 1. The van der Waals surface area contributed by atoms with Crippen molar-refractivity contribution >= 4 is 11.8 Å². The molecule has 1 aliphatic heterocycles. The first kappa shape index (κ1) is 19.0. The minimum absolute atomic E-state index is 0.0289. The number of hydrogen-bond donors (Lipinski definition) is 1. The highest BCUT2D eigenvalue weighted by molar-refractivity contribution is 5.87. The lowest BCUT2D eigenvalue weighted by atomic mass is 10.1.